The van der Waals surface area contributed by atoms with Gasteiger partial charge in [0.1, 0.15) is 0 Å². The molecule has 28 heavy (non-hydrogen) atoms. The molecule has 1 saturated heterocycles. The first-order chi connectivity index (χ1) is 13.7. The van der Waals surface area contributed by atoms with Gasteiger partial charge in [-0.2, -0.15) is 0 Å². The SMILES string of the molecule is CN1CC(=O)N(CCC2CCN(Cc3ccccc3)CC2)c2ccccc2C1. The van der Waals surface area contributed by atoms with Gasteiger partial charge in [-0.3, -0.25) is 14.6 Å². The number of likely N-dealkylation sites (tertiary alicyclic amines) is 1. The van der Waals surface area contributed by atoms with Crippen LogP contribution in [0, 0.1) is 5.92 Å². The smallest absolute Gasteiger partial charge is 0.241 e. The summed E-state index contributed by atoms with van der Waals surface area (Å²) in [6, 6.07) is 19.1. The number of para-hydroxylation sites is 1. The van der Waals surface area contributed by atoms with Crippen LogP contribution in [0.25, 0.3) is 0 Å². The van der Waals surface area contributed by atoms with E-state index in [0.717, 1.165) is 44.8 Å². The maximum atomic E-state index is 12.8. The average Bonchev–Trinajstić information content (AvgIpc) is 2.83. The van der Waals surface area contributed by atoms with Crippen molar-refractivity contribution in [2.24, 2.45) is 5.92 Å². The first-order valence-corrected chi connectivity index (χ1v) is 10.5. The number of amides is 1. The lowest BCUT2D eigenvalue weighted by atomic mass is 9.93. The monoisotopic (exact) mass is 377 g/mol. The molecule has 0 aromatic heterocycles. The molecule has 4 nitrogen and oxygen atoms in total. The van der Waals surface area contributed by atoms with E-state index in [1.807, 2.05) is 18.0 Å². The molecular formula is C24H31N3O. The summed E-state index contributed by atoms with van der Waals surface area (Å²) in [5.41, 5.74) is 3.77. The molecule has 0 saturated carbocycles. The summed E-state index contributed by atoms with van der Waals surface area (Å²) in [7, 11) is 2.03. The Kier molecular flexibility index (Phi) is 6.08. The molecule has 2 aromatic rings. The van der Waals surface area contributed by atoms with Crippen molar-refractivity contribution < 1.29 is 4.79 Å². The summed E-state index contributed by atoms with van der Waals surface area (Å²) in [5, 5.41) is 0. The van der Waals surface area contributed by atoms with Crippen LogP contribution >= 0.6 is 0 Å². The molecule has 2 aliphatic rings. The molecular weight excluding hydrogens is 346 g/mol. The standard InChI is InChI=1S/C24H31N3O/c1-25-18-22-9-5-6-10-23(22)27(24(28)19-25)16-13-20-11-14-26(15-12-20)17-21-7-3-2-4-8-21/h2-10,20H,11-19H2,1H3. The number of hydrogen-bond acceptors (Lipinski definition) is 3. The van der Waals surface area contributed by atoms with Gasteiger partial charge in [-0.15, -0.1) is 0 Å². The van der Waals surface area contributed by atoms with Crippen molar-refractivity contribution >= 4 is 11.6 Å². The lowest BCUT2D eigenvalue weighted by Gasteiger charge is -2.33. The molecule has 0 radical (unpaired) electrons. The third-order valence-corrected chi connectivity index (χ3v) is 6.15. The summed E-state index contributed by atoms with van der Waals surface area (Å²) in [6.07, 6.45) is 3.57. The van der Waals surface area contributed by atoms with E-state index in [9.17, 15) is 4.79 Å². The highest BCUT2D eigenvalue weighted by molar-refractivity contribution is 5.96. The predicted octanol–water partition coefficient (Wildman–Crippen LogP) is 3.77. The Morgan fingerprint density at radius 3 is 2.43 bits per heavy atom. The quantitative estimate of drug-likeness (QED) is 0.794. The van der Waals surface area contributed by atoms with Gasteiger partial charge in [-0.25, -0.2) is 0 Å². The number of fused-ring (bicyclic) bond motifs is 1. The van der Waals surface area contributed by atoms with Crippen molar-refractivity contribution in [3.63, 3.8) is 0 Å². The van der Waals surface area contributed by atoms with Crippen LogP contribution in [0.4, 0.5) is 5.69 Å². The Bertz CT molecular complexity index is 783. The molecule has 2 heterocycles. The maximum absolute atomic E-state index is 12.8. The molecule has 148 valence electrons. The molecule has 0 aliphatic carbocycles. The zero-order valence-corrected chi connectivity index (χ0v) is 16.9. The molecule has 2 aromatic carbocycles. The minimum atomic E-state index is 0.231. The minimum Gasteiger partial charge on any atom is -0.311 e. The van der Waals surface area contributed by atoms with E-state index in [2.05, 4.69) is 58.3 Å². The van der Waals surface area contributed by atoms with E-state index in [0.29, 0.717) is 12.5 Å². The van der Waals surface area contributed by atoms with E-state index in [4.69, 9.17) is 0 Å². The van der Waals surface area contributed by atoms with Crippen LogP contribution in [0.5, 0.6) is 0 Å². The van der Waals surface area contributed by atoms with Crippen LogP contribution in [0.15, 0.2) is 54.6 Å². The fourth-order valence-corrected chi connectivity index (χ4v) is 4.54. The van der Waals surface area contributed by atoms with Gasteiger partial charge in [-0.05, 0) is 62.5 Å². The lowest BCUT2D eigenvalue weighted by Crippen LogP contribution is -2.39. The molecule has 2 aliphatic heterocycles. The molecule has 0 bridgehead atoms. The summed E-state index contributed by atoms with van der Waals surface area (Å²) in [6.45, 7) is 5.56. The number of benzene rings is 2. The summed E-state index contributed by atoms with van der Waals surface area (Å²) in [5.74, 6) is 0.946. The first-order valence-electron chi connectivity index (χ1n) is 10.5. The molecule has 0 unspecified atom stereocenters. The number of rotatable bonds is 5. The highest BCUT2D eigenvalue weighted by atomic mass is 16.2. The van der Waals surface area contributed by atoms with Gasteiger partial charge in [0.15, 0.2) is 0 Å². The zero-order valence-electron chi connectivity index (χ0n) is 16.9. The molecule has 1 fully saturated rings. The van der Waals surface area contributed by atoms with Crippen molar-refractivity contribution in [1.82, 2.24) is 9.80 Å². The second-order valence-electron chi connectivity index (χ2n) is 8.34. The molecule has 0 atom stereocenters. The number of piperidine rings is 1. The highest BCUT2D eigenvalue weighted by Crippen LogP contribution is 2.28. The molecule has 4 heteroatoms. The Hall–Kier alpha value is -2.17. The fraction of sp³-hybridized carbons (Fsp3) is 0.458. The second-order valence-corrected chi connectivity index (χ2v) is 8.34. The van der Waals surface area contributed by atoms with Crippen molar-refractivity contribution in [3.8, 4) is 0 Å². The van der Waals surface area contributed by atoms with Crippen molar-refractivity contribution in [2.45, 2.75) is 32.4 Å². The number of carbonyl (C=O) groups excluding carboxylic acids is 1. The van der Waals surface area contributed by atoms with E-state index in [1.54, 1.807) is 0 Å². The molecule has 1 amide bonds. The molecule has 0 spiro atoms. The van der Waals surface area contributed by atoms with Gasteiger partial charge in [0.05, 0.1) is 6.54 Å². The van der Waals surface area contributed by atoms with Crippen LogP contribution in [-0.2, 0) is 17.9 Å². The molecule has 4 rings (SSSR count). The van der Waals surface area contributed by atoms with Crippen molar-refractivity contribution in [2.75, 3.05) is 38.1 Å². The Labute approximate surface area is 168 Å². The van der Waals surface area contributed by atoms with E-state index in [-0.39, 0.29) is 5.91 Å². The van der Waals surface area contributed by atoms with Gasteiger partial charge in [0.2, 0.25) is 5.91 Å². The number of hydrogen-bond donors (Lipinski definition) is 0. The van der Waals surface area contributed by atoms with Crippen molar-refractivity contribution in [1.29, 1.82) is 0 Å². The first kappa shape index (κ1) is 19.2. The summed E-state index contributed by atoms with van der Waals surface area (Å²) in [4.78, 5) is 19.5. The average molecular weight is 378 g/mol. The maximum Gasteiger partial charge on any atom is 0.241 e. The fourth-order valence-electron chi connectivity index (χ4n) is 4.54. The number of anilines is 1. The van der Waals surface area contributed by atoms with E-state index < -0.39 is 0 Å². The number of nitrogens with zero attached hydrogens (tertiary/aromatic N) is 3. The normalized spacial score (nSPS) is 19.5. The van der Waals surface area contributed by atoms with Crippen LogP contribution in [-0.4, -0.2) is 48.9 Å². The topological polar surface area (TPSA) is 26.8 Å². The van der Waals surface area contributed by atoms with Crippen LogP contribution < -0.4 is 4.90 Å². The van der Waals surface area contributed by atoms with Crippen LogP contribution in [0.1, 0.15) is 30.4 Å². The third-order valence-electron chi connectivity index (χ3n) is 6.15. The van der Waals surface area contributed by atoms with E-state index in [1.165, 1.54) is 24.0 Å². The predicted molar refractivity (Wildman–Crippen MR) is 114 cm³/mol. The zero-order chi connectivity index (χ0) is 19.3. The lowest BCUT2D eigenvalue weighted by molar-refractivity contribution is -0.119. The summed E-state index contributed by atoms with van der Waals surface area (Å²) >= 11 is 0. The van der Waals surface area contributed by atoms with E-state index >= 15 is 0 Å². The Morgan fingerprint density at radius 1 is 0.929 bits per heavy atom. The molecule has 0 N–H and O–H groups in total. The number of carbonyl (C=O) groups is 1. The third kappa shape index (κ3) is 4.62. The van der Waals surface area contributed by atoms with Gasteiger partial charge in [0.25, 0.3) is 0 Å². The van der Waals surface area contributed by atoms with Gasteiger partial charge < -0.3 is 4.90 Å². The van der Waals surface area contributed by atoms with Crippen LogP contribution in [0.3, 0.4) is 0 Å². The van der Waals surface area contributed by atoms with Crippen LogP contribution in [0.2, 0.25) is 0 Å². The van der Waals surface area contributed by atoms with Gasteiger partial charge in [0, 0.05) is 25.3 Å². The highest BCUT2D eigenvalue weighted by Gasteiger charge is 2.26. The number of likely N-dealkylation sites (N-methyl/N-ethyl adjacent to an activating group) is 1. The van der Waals surface area contributed by atoms with Crippen molar-refractivity contribution in [3.05, 3.63) is 65.7 Å². The Balaban J connectivity index is 1.32. The minimum absolute atomic E-state index is 0.231. The van der Waals surface area contributed by atoms with Gasteiger partial charge >= 0.3 is 0 Å². The Morgan fingerprint density at radius 2 is 1.64 bits per heavy atom. The second kappa shape index (κ2) is 8.89. The largest absolute Gasteiger partial charge is 0.311 e. The summed E-state index contributed by atoms with van der Waals surface area (Å²) < 4.78 is 0. The van der Waals surface area contributed by atoms with Gasteiger partial charge in [-0.1, -0.05) is 48.5 Å².